The summed E-state index contributed by atoms with van der Waals surface area (Å²) in [5, 5.41) is 3.14. The number of carbonyl (C=O) groups excluding carboxylic acids is 1. The molecule has 0 saturated heterocycles. The van der Waals surface area contributed by atoms with Gasteiger partial charge in [-0.05, 0) is 30.7 Å². The van der Waals surface area contributed by atoms with Gasteiger partial charge < -0.3 is 4.42 Å². The number of aromatic nitrogens is 1. The molecule has 2 aromatic heterocycles. The predicted octanol–water partition coefficient (Wildman–Crippen LogP) is 4.86. The van der Waals surface area contributed by atoms with Gasteiger partial charge in [-0.25, -0.2) is 13.4 Å². The Kier molecular flexibility index (Phi) is 6.01. The van der Waals surface area contributed by atoms with Crippen LogP contribution in [0, 0.1) is 6.92 Å². The summed E-state index contributed by atoms with van der Waals surface area (Å²) in [7, 11) is -3.60. The number of thiazole rings is 1. The highest BCUT2D eigenvalue weighted by atomic mass is 32.2. The molecule has 0 saturated carbocycles. The number of aryl methyl sites for hydroxylation is 1. The molecule has 0 aliphatic rings. The summed E-state index contributed by atoms with van der Waals surface area (Å²) >= 11 is 1.37. The van der Waals surface area contributed by atoms with Crippen molar-refractivity contribution in [3.63, 3.8) is 0 Å². The number of furan rings is 1. The van der Waals surface area contributed by atoms with Crippen LogP contribution in [0.3, 0.4) is 0 Å². The number of benzene rings is 2. The fourth-order valence-electron chi connectivity index (χ4n) is 3.19. The Balaban J connectivity index is 1.46. The van der Waals surface area contributed by atoms with E-state index in [0.29, 0.717) is 10.7 Å². The maximum absolute atomic E-state index is 12.7. The lowest BCUT2D eigenvalue weighted by Crippen LogP contribution is -2.14. The summed E-state index contributed by atoms with van der Waals surface area (Å²) in [4.78, 5) is 18.2. The largest absolute Gasteiger partial charge is 0.459 e. The van der Waals surface area contributed by atoms with Gasteiger partial charge >= 0.3 is 0 Å². The lowest BCUT2D eigenvalue weighted by atomic mass is 10.1. The van der Waals surface area contributed by atoms with Gasteiger partial charge in [0.2, 0.25) is 0 Å². The van der Waals surface area contributed by atoms with Crippen LogP contribution in [0.5, 0.6) is 0 Å². The molecule has 158 valence electrons. The van der Waals surface area contributed by atoms with E-state index in [1.807, 2.05) is 25.1 Å². The summed E-state index contributed by atoms with van der Waals surface area (Å²) in [6, 6.07) is 17.8. The fourth-order valence-corrected chi connectivity index (χ4v) is 5.41. The average Bonchev–Trinajstić information content (AvgIpc) is 3.38. The molecule has 2 heterocycles. The second kappa shape index (κ2) is 8.87. The van der Waals surface area contributed by atoms with Gasteiger partial charge in [0.15, 0.2) is 20.7 Å². The first-order valence-corrected chi connectivity index (χ1v) is 12.0. The monoisotopic (exact) mass is 452 g/mol. The van der Waals surface area contributed by atoms with Gasteiger partial charge in [-0.2, -0.15) is 0 Å². The maximum atomic E-state index is 12.7. The van der Waals surface area contributed by atoms with Crippen molar-refractivity contribution in [1.29, 1.82) is 0 Å². The molecule has 0 atom stereocenters. The van der Waals surface area contributed by atoms with Gasteiger partial charge in [-0.3, -0.25) is 10.1 Å². The van der Waals surface area contributed by atoms with Gasteiger partial charge in [0.1, 0.15) is 0 Å². The van der Waals surface area contributed by atoms with Crippen molar-refractivity contribution in [3.05, 3.63) is 100 Å². The molecular formula is C23H20N2O4S2. The lowest BCUT2D eigenvalue weighted by molar-refractivity contribution is 0.0995. The average molecular weight is 453 g/mol. The molecule has 2 aromatic carbocycles. The molecule has 0 unspecified atom stereocenters. The highest BCUT2D eigenvalue weighted by molar-refractivity contribution is 7.90. The number of anilines is 1. The summed E-state index contributed by atoms with van der Waals surface area (Å²) in [5.41, 5.74) is 2.66. The van der Waals surface area contributed by atoms with Gasteiger partial charge in [0.05, 0.1) is 16.9 Å². The van der Waals surface area contributed by atoms with Gasteiger partial charge in [-0.1, -0.05) is 48.0 Å². The zero-order chi connectivity index (χ0) is 21.8. The van der Waals surface area contributed by atoms with Crippen molar-refractivity contribution in [3.8, 4) is 0 Å². The quantitative estimate of drug-likeness (QED) is 0.432. The summed E-state index contributed by atoms with van der Waals surface area (Å²) < 4.78 is 30.6. The molecule has 1 amide bonds. The highest BCUT2D eigenvalue weighted by Gasteiger charge is 2.23. The van der Waals surface area contributed by atoms with Crippen molar-refractivity contribution in [1.82, 2.24) is 4.98 Å². The van der Waals surface area contributed by atoms with Gasteiger partial charge in [0.25, 0.3) is 5.91 Å². The smallest absolute Gasteiger partial charge is 0.293 e. The molecule has 0 aliphatic heterocycles. The molecule has 0 fully saturated rings. The molecule has 4 aromatic rings. The molecule has 0 radical (unpaired) electrons. The Morgan fingerprint density at radius 3 is 2.68 bits per heavy atom. The van der Waals surface area contributed by atoms with Crippen LogP contribution in [0.2, 0.25) is 0 Å². The Morgan fingerprint density at radius 2 is 1.90 bits per heavy atom. The van der Waals surface area contributed by atoms with Crippen molar-refractivity contribution in [2.45, 2.75) is 24.0 Å². The third-order valence-corrected chi connectivity index (χ3v) is 7.23. The Hall–Kier alpha value is -3.23. The third kappa shape index (κ3) is 5.10. The zero-order valence-corrected chi connectivity index (χ0v) is 18.4. The van der Waals surface area contributed by atoms with Crippen LogP contribution in [0.4, 0.5) is 5.13 Å². The first-order valence-electron chi connectivity index (χ1n) is 9.56. The minimum Gasteiger partial charge on any atom is -0.459 e. The molecule has 0 aliphatic carbocycles. The van der Waals surface area contributed by atoms with Crippen molar-refractivity contribution in [2.75, 3.05) is 5.32 Å². The van der Waals surface area contributed by atoms with E-state index in [-0.39, 0.29) is 16.4 Å². The number of sulfone groups is 1. The maximum Gasteiger partial charge on any atom is 0.293 e. The van der Waals surface area contributed by atoms with E-state index < -0.39 is 15.7 Å². The van der Waals surface area contributed by atoms with E-state index >= 15 is 0 Å². The Morgan fingerprint density at radius 1 is 1.10 bits per heavy atom. The normalized spacial score (nSPS) is 11.4. The molecule has 8 heteroatoms. The third-order valence-electron chi connectivity index (χ3n) is 4.64. The number of nitrogens with one attached hydrogen (secondary N) is 1. The Labute approximate surface area is 184 Å². The summed E-state index contributed by atoms with van der Waals surface area (Å²) in [6.07, 6.45) is 3.76. The number of hydrogen-bond donors (Lipinski definition) is 1. The molecular weight excluding hydrogens is 432 g/mol. The number of amides is 1. The number of nitrogens with zero attached hydrogens (tertiary/aromatic N) is 1. The Bertz CT molecular complexity index is 1310. The topological polar surface area (TPSA) is 89.3 Å². The number of hydrogen-bond acceptors (Lipinski definition) is 6. The second-order valence-corrected chi connectivity index (χ2v) is 10.2. The van der Waals surface area contributed by atoms with E-state index in [2.05, 4.69) is 16.4 Å². The standard InChI is InChI=1S/C23H20N2O4S2/c1-16-6-5-7-17(12-16)13-19-14-24-23(30-19)25-22(26)21-18(10-11-29-21)15-31(27,28)20-8-3-2-4-9-20/h2-12,14H,13,15H2,1H3,(H,24,25,26). The second-order valence-electron chi connectivity index (χ2n) is 7.10. The molecule has 0 bridgehead atoms. The molecule has 6 nitrogen and oxygen atoms in total. The van der Waals surface area contributed by atoms with Crippen LogP contribution >= 0.6 is 11.3 Å². The predicted molar refractivity (Wildman–Crippen MR) is 120 cm³/mol. The van der Waals surface area contributed by atoms with Gasteiger partial charge in [0, 0.05) is 23.1 Å². The van der Waals surface area contributed by atoms with E-state index in [9.17, 15) is 13.2 Å². The van der Waals surface area contributed by atoms with E-state index in [1.165, 1.54) is 46.9 Å². The van der Waals surface area contributed by atoms with Crippen LogP contribution in [-0.4, -0.2) is 19.3 Å². The number of carbonyl (C=O) groups is 1. The first kappa shape index (κ1) is 21.0. The van der Waals surface area contributed by atoms with Crippen molar-refractivity contribution >= 4 is 32.2 Å². The van der Waals surface area contributed by atoms with Crippen LogP contribution in [0.25, 0.3) is 0 Å². The first-order chi connectivity index (χ1) is 14.9. The fraction of sp³-hybridized carbons (Fsp3) is 0.130. The molecule has 1 N–H and O–H groups in total. The lowest BCUT2D eigenvalue weighted by Gasteiger charge is -2.05. The van der Waals surface area contributed by atoms with Crippen LogP contribution in [0.1, 0.15) is 32.1 Å². The van der Waals surface area contributed by atoms with E-state index in [1.54, 1.807) is 24.4 Å². The highest BCUT2D eigenvalue weighted by Crippen LogP contribution is 2.24. The summed E-state index contributed by atoms with van der Waals surface area (Å²) in [5.74, 6) is -0.887. The minimum atomic E-state index is -3.60. The van der Waals surface area contributed by atoms with Crippen molar-refractivity contribution < 1.29 is 17.6 Å². The summed E-state index contributed by atoms with van der Waals surface area (Å²) in [6.45, 7) is 2.04. The van der Waals surface area contributed by atoms with Crippen LogP contribution < -0.4 is 5.32 Å². The SMILES string of the molecule is Cc1cccc(Cc2cnc(NC(=O)c3occc3CS(=O)(=O)c3ccccc3)s2)c1. The zero-order valence-electron chi connectivity index (χ0n) is 16.7. The van der Waals surface area contributed by atoms with Crippen molar-refractivity contribution in [2.24, 2.45) is 0 Å². The van der Waals surface area contributed by atoms with E-state index in [0.717, 1.165) is 11.3 Å². The molecule has 0 spiro atoms. The number of rotatable bonds is 7. The van der Waals surface area contributed by atoms with Crippen LogP contribution in [-0.2, 0) is 22.0 Å². The molecule has 31 heavy (non-hydrogen) atoms. The van der Waals surface area contributed by atoms with Gasteiger partial charge in [-0.15, -0.1) is 11.3 Å². The minimum absolute atomic E-state index is 0.0325. The van der Waals surface area contributed by atoms with E-state index in [4.69, 9.17) is 4.42 Å². The van der Waals surface area contributed by atoms with Crippen LogP contribution in [0.15, 0.2) is 82.4 Å². The molecule has 4 rings (SSSR count).